The Bertz CT molecular complexity index is 568. The second-order valence-electron chi connectivity index (χ2n) is 5.36. The molecule has 100 valence electrons. The zero-order chi connectivity index (χ0) is 13.6. The molecule has 1 aromatic carbocycles. The van der Waals surface area contributed by atoms with Crippen LogP contribution in [0.25, 0.3) is 0 Å². The van der Waals surface area contributed by atoms with Crippen molar-refractivity contribution in [1.82, 2.24) is 0 Å². The minimum Gasteiger partial charge on any atom is -0.409 e. The van der Waals surface area contributed by atoms with Gasteiger partial charge in [-0.3, -0.25) is 4.79 Å². The summed E-state index contributed by atoms with van der Waals surface area (Å²) in [6, 6.07) is 5.97. The Hall–Kier alpha value is -2.04. The Labute approximate surface area is 111 Å². The number of fused-ring (bicyclic) bond motifs is 2. The number of amides is 1. The fraction of sp³-hybridized carbons (Fsp3) is 0.429. The number of amidine groups is 1. The molecule has 5 nitrogen and oxygen atoms in total. The van der Waals surface area contributed by atoms with E-state index in [1.54, 1.807) is 6.07 Å². The van der Waals surface area contributed by atoms with Gasteiger partial charge in [0, 0.05) is 23.2 Å². The first-order chi connectivity index (χ1) is 9.11. The molecule has 2 aliphatic rings. The predicted octanol–water partition coefficient (Wildman–Crippen LogP) is 1.60. The van der Waals surface area contributed by atoms with Crippen molar-refractivity contribution >= 4 is 17.4 Å². The highest BCUT2D eigenvalue weighted by Gasteiger charge is 2.45. The van der Waals surface area contributed by atoms with Gasteiger partial charge in [-0.05, 0) is 49.9 Å². The SMILES string of the molecule is Cc1cc(N2C(=O)[C@@H]3CC[C@H]2C3)ccc1C(N)=NO. The minimum atomic E-state index is 0.0957. The van der Waals surface area contributed by atoms with Crippen molar-refractivity contribution in [3.63, 3.8) is 0 Å². The monoisotopic (exact) mass is 259 g/mol. The van der Waals surface area contributed by atoms with Crippen LogP contribution in [0.4, 0.5) is 5.69 Å². The number of piperidine rings is 1. The van der Waals surface area contributed by atoms with Gasteiger partial charge in [0.1, 0.15) is 0 Å². The Balaban J connectivity index is 1.95. The summed E-state index contributed by atoms with van der Waals surface area (Å²) in [6.07, 6.45) is 3.11. The second-order valence-corrected chi connectivity index (χ2v) is 5.36. The fourth-order valence-corrected chi connectivity index (χ4v) is 3.27. The van der Waals surface area contributed by atoms with Gasteiger partial charge in [-0.1, -0.05) is 5.16 Å². The number of nitrogens with two attached hydrogens (primary N) is 1. The number of rotatable bonds is 2. The third-order valence-corrected chi connectivity index (χ3v) is 4.23. The molecule has 1 heterocycles. The molecule has 0 unspecified atom stereocenters. The predicted molar refractivity (Wildman–Crippen MR) is 72.3 cm³/mol. The number of carbonyl (C=O) groups is 1. The molecule has 2 bridgehead atoms. The zero-order valence-electron chi connectivity index (χ0n) is 10.8. The van der Waals surface area contributed by atoms with Gasteiger partial charge in [0.05, 0.1) is 0 Å². The summed E-state index contributed by atoms with van der Waals surface area (Å²) in [4.78, 5) is 14.1. The van der Waals surface area contributed by atoms with Crippen LogP contribution in [0.1, 0.15) is 30.4 Å². The van der Waals surface area contributed by atoms with E-state index in [4.69, 9.17) is 10.9 Å². The highest BCUT2D eigenvalue weighted by Crippen LogP contribution is 2.41. The van der Waals surface area contributed by atoms with Crippen LogP contribution in [-0.4, -0.2) is 23.0 Å². The van der Waals surface area contributed by atoms with Crippen LogP contribution in [-0.2, 0) is 4.79 Å². The topological polar surface area (TPSA) is 78.9 Å². The molecular weight excluding hydrogens is 242 g/mol. The van der Waals surface area contributed by atoms with Crippen molar-refractivity contribution in [3.05, 3.63) is 29.3 Å². The van der Waals surface area contributed by atoms with Crippen molar-refractivity contribution in [1.29, 1.82) is 0 Å². The summed E-state index contributed by atoms with van der Waals surface area (Å²) in [5, 5.41) is 11.7. The molecule has 0 radical (unpaired) electrons. The van der Waals surface area contributed by atoms with Crippen LogP contribution >= 0.6 is 0 Å². The van der Waals surface area contributed by atoms with Gasteiger partial charge in [0.2, 0.25) is 5.91 Å². The number of anilines is 1. The normalized spacial score (nSPS) is 26.3. The number of hydrogen-bond donors (Lipinski definition) is 2. The number of aryl methyl sites for hydroxylation is 1. The van der Waals surface area contributed by atoms with E-state index < -0.39 is 0 Å². The lowest BCUT2D eigenvalue weighted by Gasteiger charge is -2.27. The lowest BCUT2D eigenvalue weighted by Crippen LogP contribution is -2.37. The molecule has 19 heavy (non-hydrogen) atoms. The first-order valence-corrected chi connectivity index (χ1v) is 6.53. The molecule has 1 aliphatic heterocycles. The van der Waals surface area contributed by atoms with E-state index in [-0.39, 0.29) is 17.7 Å². The average molecular weight is 259 g/mol. The van der Waals surface area contributed by atoms with Gasteiger partial charge in [-0.25, -0.2) is 0 Å². The average Bonchev–Trinajstić information content (AvgIpc) is 2.98. The van der Waals surface area contributed by atoms with E-state index in [1.165, 1.54) is 0 Å². The van der Waals surface area contributed by atoms with Crippen molar-refractivity contribution in [2.45, 2.75) is 32.2 Å². The smallest absolute Gasteiger partial charge is 0.230 e. The third kappa shape index (κ3) is 1.77. The van der Waals surface area contributed by atoms with E-state index >= 15 is 0 Å². The highest BCUT2D eigenvalue weighted by atomic mass is 16.4. The first-order valence-electron chi connectivity index (χ1n) is 6.53. The molecular formula is C14H17N3O2. The van der Waals surface area contributed by atoms with Gasteiger partial charge in [-0.15, -0.1) is 0 Å². The lowest BCUT2D eigenvalue weighted by molar-refractivity contribution is -0.121. The summed E-state index contributed by atoms with van der Waals surface area (Å²) in [6.45, 7) is 1.90. The number of hydrogen-bond acceptors (Lipinski definition) is 3. The van der Waals surface area contributed by atoms with Crippen LogP contribution in [0, 0.1) is 12.8 Å². The van der Waals surface area contributed by atoms with Gasteiger partial charge in [-0.2, -0.15) is 0 Å². The van der Waals surface area contributed by atoms with Crippen LogP contribution in [0.2, 0.25) is 0 Å². The Morgan fingerprint density at radius 2 is 2.26 bits per heavy atom. The van der Waals surface area contributed by atoms with Crippen LogP contribution in [0.15, 0.2) is 23.4 Å². The van der Waals surface area contributed by atoms with Gasteiger partial charge >= 0.3 is 0 Å². The zero-order valence-corrected chi connectivity index (χ0v) is 10.8. The Kier molecular flexibility index (Phi) is 2.69. The Morgan fingerprint density at radius 3 is 2.84 bits per heavy atom. The summed E-state index contributed by atoms with van der Waals surface area (Å²) >= 11 is 0. The maximum Gasteiger partial charge on any atom is 0.230 e. The van der Waals surface area contributed by atoms with Crippen LogP contribution in [0.5, 0.6) is 0 Å². The van der Waals surface area contributed by atoms with E-state index in [1.807, 2.05) is 24.0 Å². The molecule has 1 saturated carbocycles. The van der Waals surface area contributed by atoms with Gasteiger partial charge < -0.3 is 15.8 Å². The molecule has 5 heteroatoms. The molecule has 3 N–H and O–H groups in total. The van der Waals surface area contributed by atoms with Crippen molar-refractivity contribution < 1.29 is 10.0 Å². The lowest BCUT2D eigenvalue weighted by atomic mass is 10.0. The number of nitrogens with zero attached hydrogens (tertiary/aromatic N) is 2. The summed E-state index contributed by atoms with van der Waals surface area (Å²) in [5.74, 6) is 0.555. The molecule has 1 aliphatic carbocycles. The number of carbonyl (C=O) groups excluding carboxylic acids is 1. The molecule has 1 aromatic rings. The number of oxime groups is 1. The summed E-state index contributed by atoms with van der Waals surface area (Å²) < 4.78 is 0. The van der Waals surface area contributed by atoms with Crippen molar-refractivity contribution in [3.8, 4) is 0 Å². The quantitative estimate of drug-likeness (QED) is 0.366. The first kappa shape index (κ1) is 12.0. The van der Waals surface area contributed by atoms with E-state index in [9.17, 15) is 4.79 Å². The molecule has 2 atom stereocenters. The van der Waals surface area contributed by atoms with Crippen molar-refractivity contribution in [2.75, 3.05) is 4.90 Å². The minimum absolute atomic E-state index is 0.0957. The molecule has 1 saturated heterocycles. The standard InChI is InChI=1S/C14H17N3O2/c1-8-6-10(4-5-12(8)13(15)16-19)17-11-3-2-9(7-11)14(17)18/h4-6,9,11,19H,2-3,7H2,1H3,(H2,15,16)/t9-,11+/m1/s1. The molecule has 2 fully saturated rings. The van der Waals surface area contributed by atoms with Crippen LogP contribution < -0.4 is 10.6 Å². The second kappa shape index (κ2) is 4.26. The maximum atomic E-state index is 12.2. The summed E-state index contributed by atoms with van der Waals surface area (Å²) in [7, 11) is 0. The Morgan fingerprint density at radius 1 is 1.47 bits per heavy atom. The molecule has 0 aromatic heterocycles. The van der Waals surface area contributed by atoms with E-state index in [0.717, 1.165) is 30.5 Å². The molecule has 0 spiro atoms. The largest absolute Gasteiger partial charge is 0.409 e. The van der Waals surface area contributed by atoms with E-state index in [2.05, 4.69) is 5.16 Å². The fourth-order valence-electron chi connectivity index (χ4n) is 3.27. The van der Waals surface area contributed by atoms with Crippen LogP contribution in [0.3, 0.4) is 0 Å². The highest BCUT2D eigenvalue weighted by molar-refractivity contribution is 6.01. The van der Waals surface area contributed by atoms with E-state index in [0.29, 0.717) is 11.6 Å². The number of benzene rings is 1. The van der Waals surface area contributed by atoms with Gasteiger partial charge in [0.15, 0.2) is 5.84 Å². The van der Waals surface area contributed by atoms with Crippen molar-refractivity contribution in [2.24, 2.45) is 16.8 Å². The third-order valence-electron chi connectivity index (χ3n) is 4.23. The summed E-state index contributed by atoms with van der Waals surface area (Å²) in [5.41, 5.74) is 8.13. The maximum absolute atomic E-state index is 12.2. The molecule has 1 amide bonds. The molecule has 3 rings (SSSR count). The van der Waals surface area contributed by atoms with Gasteiger partial charge in [0.25, 0.3) is 0 Å².